The van der Waals surface area contributed by atoms with Crippen molar-refractivity contribution in [1.82, 2.24) is 15.5 Å². The van der Waals surface area contributed by atoms with Crippen molar-refractivity contribution < 1.29 is 28.6 Å². The first-order chi connectivity index (χ1) is 17.9. The number of benzene rings is 2. The zero-order valence-corrected chi connectivity index (χ0v) is 21.0. The van der Waals surface area contributed by atoms with Gasteiger partial charge in [-0.15, -0.1) is 0 Å². The topological polar surface area (TPSA) is 100 Å². The van der Waals surface area contributed by atoms with E-state index in [9.17, 15) is 14.7 Å². The van der Waals surface area contributed by atoms with Gasteiger partial charge in [-0.1, -0.05) is 24.3 Å². The number of hydrogen-bond donors (Lipinski definition) is 3. The van der Waals surface area contributed by atoms with Crippen molar-refractivity contribution in [2.24, 2.45) is 0 Å². The van der Waals surface area contributed by atoms with Gasteiger partial charge in [0.2, 0.25) is 0 Å². The maximum absolute atomic E-state index is 15.1. The van der Waals surface area contributed by atoms with E-state index in [1.165, 1.54) is 17.2 Å². The number of ether oxygens (including phenoxy) is 2. The van der Waals surface area contributed by atoms with Crippen LogP contribution in [0.3, 0.4) is 0 Å². The first-order valence-electron chi connectivity index (χ1n) is 13.1. The Morgan fingerprint density at radius 2 is 1.78 bits per heavy atom. The highest BCUT2D eigenvalue weighted by atomic mass is 19.1. The number of aliphatic hydroxyl groups is 1. The molecule has 5 rings (SSSR count). The van der Waals surface area contributed by atoms with Gasteiger partial charge < -0.3 is 30.1 Å². The molecule has 0 saturated carbocycles. The fraction of sp³-hybridized carbons (Fsp3) is 0.500. The second kappa shape index (κ2) is 11.2. The molecule has 1 aliphatic carbocycles. The number of fused-ring (bicyclic) bond motifs is 3. The summed E-state index contributed by atoms with van der Waals surface area (Å²) in [5.41, 5.74) is 2.51. The molecule has 2 saturated heterocycles. The number of morpholine rings is 1. The molecule has 0 radical (unpaired) electrons. The van der Waals surface area contributed by atoms with Crippen LogP contribution in [0.1, 0.15) is 51.6 Å². The van der Waals surface area contributed by atoms with E-state index in [1.54, 1.807) is 11.8 Å². The summed E-state index contributed by atoms with van der Waals surface area (Å²) >= 11 is 0. The van der Waals surface area contributed by atoms with Gasteiger partial charge in [0.1, 0.15) is 11.6 Å². The van der Waals surface area contributed by atoms with Crippen LogP contribution in [0.15, 0.2) is 36.4 Å². The molecular weight excluding hydrogens is 477 g/mol. The average molecular weight is 512 g/mol. The van der Waals surface area contributed by atoms with E-state index in [1.807, 2.05) is 12.1 Å². The van der Waals surface area contributed by atoms with Crippen LogP contribution in [0.25, 0.3) is 0 Å². The fourth-order valence-electron chi connectivity index (χ4n) is 5.65. The van der Waals surface area contributed by atoms with Gasteiger partial charge >= 0.3 is 0 Å². The van der Waals surface area contributed by atoms with Gasteiger partial charge in [0.25, 0.3) is 11.8 Å². The Labute approximate surface area is 216 Å². The van der Waals surface area contributed by atoms with Crippen LogP contribution < -0.4 is 15.4 Å². The predicted molar refractivity (Wildman–Crippen MR) is 135 cm³/mol. The van der Waals surface area contributed by atoms with Crippen LogP contribution in [0.4, 0.5) is 4.39 Å². The molecule has 2 amide bonds. The lowest BCUT2D eigenvalue weighted by atomic mass is 10.1. The van der Waals surface area contributed by atoms with Crippen molar-refractivity contribution in [2.45, 2.75) is 56.8 Å². The number of carbonyl (C=O) groups is 2. The third-order valence-corrected chi connectivity index (χ3v) is 7.51. The van der Waals surface area contributed by atoms with Crippen molar-refractivity contribution in [3.63, 3.8) is 0 Å². The summed E-state index contributed by atoms with van der Waals surface area (Å²) in [6.07, 6.45) is 2.67. The van der Waals surface area contributed by atoms with E-state index in [2.05, 4.69) is 22.8 Å². The summed E-state index contributed by atoms with van der Waals surface area (Å²) in [6, 6.07) is 10.8. The number of hydrogen-bond acceptors (Lipinski definition) is 6. The maximum atomic E-state index is 15.1. The standard InChI is InChI=1S/C28H34FN3O5/c1-2-37-26-12-23(28(35)32-20-7-8-21(32)16-36-15-20)25(29)11-24(26)27(34)31-14-22(33)13-30-19-9-17-5-3-4-6-18(17)10-19/h3-6,11-12,19-22,30,33H,2,7-10,13-16H2,1H3,(H,31,34)/t20?,21?,22-/m1/s1. The lowest BCUT2D eigenvalue weighted by Crippen LogP contribution is -2.49. The van der Waals surface area contributed by atoms with Crippen LogP contribution in [0, 0.1) is 5.82 Å². The molecule has 3 aliphatic rings. The molecule has 2 unspecified atom stereocenters. The number of halogens is 1. The Kier molecular flexibility index (Phi) is 7.73. The van der Waals surface area contributed by atoms with Crippen LogP contribution in [-0.2, 0) is 17.6 Å². The highest BCUT2D eigenvalue weighted by Gasteiger charge is 2.41. The minimum atomic E-state index is -0.814. The Bertz CT molecular complexity index is 1120. The fourth-order valence-corrected chi connectivity index (χ4v) is 5.65. The van der Waals surface area contributed by atoms with Gasteiger partial charge in [-0.25, -0.2) is 4.39 Å². The summed E-state index contributed by atoms with van der Waals surface area (Å²) in [5.74, 6) is -1.61. The predicted octanol–water partition coefficient (Wildman–Crippen LogP) is 2.08. The van der Waals surface area contributed by atoms with Crippen LogP contribution in [0.5, 0.6) is 5.75 Å². The van der Waals surface area contributed by atoms with Gasteiger partial charge in [0, 0.05) is 19.1 Å². The molecule has 2 bridgehead atoms. The van der Waals surface area contributed by atoms with E-state index < -0.39 is 23.7 Å². The van der Waals surface area contributed by atoms with Gasteiger partial charge in [0.15, 0.2) is 0 Å². The highest BCUT2D eigenvalue weighted by molar-refractivity contribution is 6.00. The Morgan fingerprint density at radius 3 is 2.43 bits per heavy atom. The SMILES string of the molecule is CCOc1cc(C(=O)N2C3CCC2COC3)c(F)cc1C(=O)NC[C@H](O)CNC1Cc2ccccc2C1. The van der Waals surface area contributed by atoms with Crippen molar-refractivity contribution >= 4 is 11.8 Å². The molecular formula is C28H34FN3O5. The third-order valence-electron chi connectivity index (χ3n) is 7.51. The smallest absolute Gasteiger partial charge is 0.257 e. The molecule has 3 N–H and O–H groups in total. The number of amides is 2. The minimum absolute atomic E-state index is 0.00347. The number of aliphatic hydroxyl groups excluding tert-OH is 1. The average Bonchev–Trinajstić information content (AvgIpc) is 3.43. The van der Waals surface area contributed by atoms with E-state index in [-0.39, 0.29) is 48.2 Å². The number of nitrogens with one attached hydrogen (secondary N) is 2. The maximum Gasteiger partial charge on any atom is 0.257 e. The zero-order valence-electron chi connectivity index (χ0n) is 21.0. The van der Waals surface area contributed by atoms with E-state index >= 15 is 4.39 Å². The summed E-state index contributed by atoms with van der Waals surface area (Å²) in [5, 5.41) is 16.4. The first-order valence-corrected chi connectivity index (χ1v) is 13.1. The van der Waals surface area contributed by atoms with Crippen LogP contribution in [-0.4, -0.2) is 79.0 Å². The summed E-state index contributed by atoms with van der Waals surface area (Å²) in [6.45, 7) is 3.22. The van der Waals surface area contributed by atoms with Crippen LogP contribution in [0.2, 0.25) is 0 Å². The van der Waals surface area contributed by atoms with Crippen molar-refractivity contribution in [1.29, 1.82) is 0 Å². The normalized spacial score (nSPS) is 21.5. The summed E-state index contributed by atoms with van der Waals surface area (Å²) in [7, 11) is 0. The Hall–Kier alpha value is -3.01. The molecule has 0 spiro atoms. The minimum Gasteiger partial charge on any atom is -0.493 e. The molecule has 2 aromatic carbocycles. The molecule has 2 aromatic rings. The molecule has 9 heteroatoms. The van der Waals surface area contributed by atoms with E-state index in [0.717, 1.165) is 31.7 Å². The number of rotatable bonds is 9. The Morgan fingerprint density at radius 1 is 1.11 bits per heavy atom. The van der Waals surface area contributed by atoms with Gasteiger partial charge in [-0.2, -0.15) is 0 Å². The van der Waals surface area contributed by atoms with Crippen molar-refractivity contribution in [3.05, 3.63) is 64.5 Å². The molecule has 198 valence electrons. The van der Waals surface area contributed by atoms with E-state index in [4.69, 9.17) is 9.47 Å². The molecule has 3 atom stereocenters. The third kappa shape index (κ3) is 5.49. The zero-order chi connectivity index (χ0) is 25.9. The number of carbonyl (C=O) groups excluding carboxylic acids is 2. The molecule has 37 heavy (non-hydrogen) atoms. The van der Waals surface area contributed by atoms with Crippen molar-refractivity contribution in [3.8, 4) is 5.75 Å². The largest absolute Gasteiger partial charge is 0.493 e. The number of nitrogens with zero attached hydrogens (tertiary/aromatic N) is 1. The first kappa shape index (κ1) is 25.6. The highest BCUT2D eigenvalue weighted by Crippen LogP contribution is 2.32. The molecule has 2 heterocycles. The lowest BCUT2D eigenvalue weighted by molar-refractivity contribution is -0.00740. The Balaban J connectivity index is 1.19. The molecule has 2 fully saturated rings. The monoisotopic (exact) mass is 511 g/mol. The second-order valence-corrected chi connectivity index (χ2v) is 10.0. The van der Waals surface area contributed by atoms with Crippen molar-refractivity contribution in [2.75, 3.05) is 32.9 Å². The second-order valence-electron chi connectivity index (χ2n) is 10.0. The lowest BCUT2D eigenvalue weighted by Gasteiger charge is -2.34. The molecule has 8 nitrogen and oxygen atoms in total. The van der Waals surface area contributed by atoms with E-state index in [0.29, 0.717) is 19.8 Å². The summed E-state index contributed by atoms with van der Waals surface area (Å²) < 4.78 is 26.3. The van der Waals surface area contributed by atoms with Gasteiger partial charge in [-0.05, 0) is 55.9 Å². The van der Waals surface area contributed by atoms with Gasteiger partial charge in [0.05, 0.1) is 49.1 Å². The molecule has 0 aromatic heterocycles. The van der Waals surface area contributed by atoms with Gasteiger partial charge in [-0.3, -0.25) is 9.59 Å². The summed E-state index contributed by atoms with van der Waals surface area (Å²) in [4.78, 5) is 27.8. The van der Waals surface area contributed by atoms with Crippen LogP contribution >= 0.6 is 0 Å². The quantitative estimate of drug-likeness (QED) is 0.477. The molecule has 2 aliphatic heterocycles.